The average molecular weight is 314 g/mol. The summed E-state index contributed by atoms with van der Waals surface area (Å²) in [5, 5.41) is 5.40. The number of aryl methyl sites for hydroxylation is 1. The SMILES string of the molecule is Cc1csc(CNC2CC2)c1S(=O)(=O)N1CCCC1C. The van der Waals surface area contributed by atoms with E-state index in [9.17, 15) is 8.42 Å². The second-order valence-electron chi connectivity index (χ2n) is 5.93. The first-order valence-corrected chi connectivity index (χ1v) is 9.64. The van der Waals surface area contributed by atoms with Gasteiger partial charge in [0, 0.05) is 30.1 Å². The van der Waals surface area contributed by atoms with E-state index >= 15 is 0 Å². The standard InChI is InChI=1S/C14H22N2O2S2/c1-10-9-19-13(8-15-12-5-6-12)14(10)20(17,18)16-7-3-4-11(16)2/h9,11-12,15H,3-8H2,1-2H3. The Hall–Kier alpha value is -0.430. The summed E-state index contributed by atoms with van der Waals surface area (Å²) in [6, 6.07) is 0.724. The minimum Gasteiger partial charge on any atom is -0.309 e. The van der Waals surface area contributed by atoms with Gasteiger partial charge in [0.1, 0.15) is 4.90 Å². The molecule has 1 aliphatic carbocycles. The number of nitrogens with zero attached hydrogens (tertiary/aromatic N) is 1. The maximum Gasteiger partial charge on any atom is 0.244 e. The second kappa shape index (κ2) is 5.40. The molecule has 6 heteroatoms. The topological polar surface area (TPSA) is 49.4 Å². The van der Waals surface area contributed by atoms with Crippen LogP contribution in [0.2, 0.25) is 0 Å². The summed E-state index contributed by atoms with van der Waals surface area (Å²) in [4.78, 5) is 1.53. The predicted molar refractivity (Wildman–Crippen MR) is 81.5 cm³/mol. The van der Waals surface area contributed by atoms with E-state index in [0.29, 0.717) is 24.0 Å². The third-order valence-corrected chi connectivity index (χ3v) is 7.65. The molecule has 4 nitrogen and oxygen atoms in total. The Morgan fingerprint density at radius 2 is 2.15 bits per heavy atom. The Morgan fingerprint density at radius 1 is 1.40 bits per heavy atom. The fourth-order valence-electron chi connectivity index (χ4n) is 2.86. The maximum absolute atomic E-state index is 12.9. The van der Waals surface area contributed by atoms with E-state index in [2.05, 4.69) is 5.32 Å². The molecule has 2 heterocycles. The van der Waals surface area contributed by atoms with Crippen LogP contribution in [0, 0.1) is 6.92 Å². The van der Waals surface area contributed by atoms with Crippen LogP contribution in [0.5, 0.6) is 0 Å². The highest BCUT2D eigenvalue weighted by Crippen LogP contribution is 2.33. The average Bonchev–Trinajstić information content (AvgIpc) is 2.99. The van der Waals surface area contributed by atoms with E-state index in [1.54, 1.807) is 15.6 Å². The van der Waals surface area contributed by atoms with Gasteiger partial charge in [0.15, 0.2) is 0 Å². The van der Waals surface area contributed by atoms with Gasteiger partial charge < -0.3 is 5.32 Å². The van der Waals surface area contributed by atoms with Crippen LogP contribution in [-0.4, -0.2) is 31.4 Å². The van der Waals surface area contributed by atoms with Crippen molar-refractivity contribution >= 4 is 21.4 Å². The summed E-state index contributed by atoms with van der Waals surface area (Å²) >= 11 is 1.56. The third kappa shape index (κ3) is 2.66. The van der Waals surface area contributed by atoms with Crippen LogP contribution in [0.15, 0.2) is 10.3 Å². The Labute approximate surface area is 125 Å². The van der Waals surface area contributed by atoms with Crippen molar-refractivity contribution in [3.05, 3.63) is 15.8 Å². The zero-order valence-corrected chi connectivity index (χ0v) is 13.7. The largest absolute Gasteiger partial charge is 0.309 e. The molecule has 1 aliphatic heterocycles. The van der Waals surface area contributed by atoms with Gasteiger partial charge >= 0.3 is 0 Å². The van der Waals surface area contributed by atoms with Gasteiger partial charge in [-0.05, 0) is 50.5 Å². The highest BCUT2D eigenvalue weighted by Gasteiger charge is 2.35. The Bertz CT molecular complexity index is 590. The summed E-state index contributed by atoms with van der Waals surface area (Å²) in [5.74, 6) is 0. The van der Waals surface area contributed by atoms with E-state index in [4.69, 9.17) is 0 Å². The molecule has 1 atom stereocenters. The molecule has 1 aromatic rings. The van der Waals surface area contributed by atoms with Gasteiger partial charge in [-0.2, -0.15) is 4.31 Å². The Kier molecular flexibility index (Phi) is 3.92. The molecule has 3 rings (SSSR count). The summed E-state index contributed by atoms with van der Waals surface area (Å²) in [7, 11) is -3.33. The lowest BCUT2D eigenvalue weighted by molar-refractivity contribution is 0.407. The summed E-state index contributed by atoms with van der Waals surface area (Å²) in [6.45, 7) is 5.26. The first-order valence-electron chi connectivity index (χ1n) is 7.32. The normalized spacial score (nSPS) is 24.4. The fraction of sp³-hybridized carbons (Fsp3) is 0.714. The van der Waals surface area contributed by atoms with Crippen LogP contribution in [0.25, 0.3) is 0 Å². The summed E-state index contributed by atoms with van der Waals surface area (Å²) < 4.78 is 27.5. The summed E-state index contributed by atoms with van der Waals surface area (Å²) in [6.07, 6.45) is 4.38. The maximum atomic E-state index is 12.9. The van der Waals surface area contributed by atoms with Gasteiger partial charge in [-0.3, -0.25) is 0 Å². The van der Waals surface area contributed by atoms with Gasteiger partial charge in [-0.25, -0.2) is 8.42 Å². The summed E-state index contributed by atoms with van der Waals surface area (Å²) in [5.41, 5.74) is 0.890. The number of nitrogens with one attached hydrogen (secondary N) is 1. The highest BCUT2D eigenvalue weighted by molar-refractivity contribution is 7.89. The van der Waals surface area contributed by atoms with Crippen LogP contribution in [0.3, 0.4) is 0 Å². The monoisotopic (exact) mass is 314 g/mol. The smallest absolute Gasteiger partial charge is 0.244 e. The number of hydrogen-bond acceptors (Lipinski definition) is 4. The van der Waals surface area contributed by atoms with Crippen molar-refractivity contribution in [3.63, 3.8) is 0 Å². The van der Waals surface area contributed by atoms with Crippen molar-refractivity contribution in [2.45, 2.75) is 63.1 Å². The van der Waals surface area contributed by atoms with Crippen LogP contribution in [0.1, 0.15) is 43.0 Å². The van der Waals surface area contributed by atoms with Crippen molar-refractivity contribution in [2.75, 3.05) is 6.54 Å². The van der Waals surface area contributed by atoms with Crippen molar-refractivity contribution in [2.24, 2.45) is 0 Å². The van der Waals surface area contributed by atoms with Crippen molar-refractivity contribution in [1.82, 2.24) is 9.62 Å². The van der Waals surface area contributed by atoms with Gasteiger partial charge in [0.25, 0.3) is 0 Å². The molecule has 0 aromatic carbocycles. The van der Waals surface area contributed by atoms with Crippen LogP contribution >= 0.6 is 11.3 Å². The van der Waals surface area contributed by atoms with E-state index < -0.39 is 10.0 Å². The molecule has 1 unspecified atom stereocenters. The first kappa shape index (κ1) is 14.5. The third-order valence-electron chi connectivity index (χ3n) is 4.18. The number of hydrogen-bond donors (Lipinski definition) is 1. The van der Waals surface area contributed by atoms with Crippen molar-refractivity contribution < 1.29 is 8.42 Å². The first-order chi connectivity index (χ1) is 9.50. The number of thiophene rings is 1. The van der Waals surface area contributed by atoms with Gasteiger partial charge in [0.2, 0.25) is 10.0 Å². The Morgan fingerprint density at radius 3 is 2.75 bits per heavy atom. The quantitative estimate of drug-likeness (QED) is 0.908. The Balaban J connectivity index is 1.89. The molecule has 20 heavy (non-hydrogen) atoms. The lowest BCUT2D eigenvalue weighted by Crippen LogP contribution is -2.34. The van der Waals surface area contributed by atoms with E-state index in [1.165, 1.54) is 12.8 Å². The molecule has 1 saturated heterocycles. The van der Waals surface area contributed by atoms with Gasteiger partial charge in [-0.15, -0.1) is 11.3 Å². The molecule has 0 radical (unpaired) electrons. The van der Waals surface area contributed by atoms with Gasteiger partial charge in [-0.1, -0.05) is 0 Å². The van der Waals surface area contributed by atoms with E-state index in [1.807, 2.05) is 19.2 Å². The molecule has 112 valence electrons. The molecule has 2 fully saturated rings. The molecule has 1 aromatic heterocycles. The van der Waals surface area contributed by atoms with E-state index in [-0.39, 0.29) is 6.04 Å². The molecular weight excluding hydrogens is 292 g/mol. The molecule has 0 amide bonds. The lowest BCUT2D eigenvalue weighted by Gasteiger charge is -2.22. The fourth-order valence-corrected chi connectivity index (χ4v) is 6.28. The molecule has 1 saturated carbocycles. The molecule has 1 N–H and O–H groups in total. The zero-order chi connectivity index (χ0) is 14.3. The van der Waals surface area contributed by atoms with Crippen molar-refractivity contribution in [3.8, 4) is 0 Å². The van der Waals surface area contributed by atoms with Crippen LogP contribution < -0.4 is 5.32 Å². The highest BCUT2D eigenvalue weighted by atomic mass is 32.2. The number of sulfonamides is 1. The molecular formula is C14H22N2O2S2. The second-order valence-corrected chi connectivity index (χ2v) is 8.72. The van der Waals surface area contributed by atoms with Crippen molar-refractivity contribution in [1.29, 1.82) is 0 Å². The van der Waals surface area contributed by atoms with Crippen LogP contribution in [0.4, 0.5) is 0 Å². The zero-order valence-electron chi connectivity index (χ0n) is 12.1. The minimum absolute atomic E-state index is 0.128. The number of rotatable bonds is 5. The minimum atomic E-state index is -3.33. The molecule has 0 bridgehead atoms. The van der Waals surface area contributed by atoms with E-state index in [0.717, 1.165) is 23.3 Å². The molecule has 0 spiro atoms. The van der Waals surface area contributed by atoms with Gasteiger partial charge in [0.05, 0.1) is 0 Å². The van der Waals surface area contributed by atoms with Crippen LogP contribution in [-0.2, 0) is 16.6 Å². The molecule has 2 aliphatic rings. The lowest BCUT2D eigenvalue weighted by atomic mass is 10.3. The predicted octanol–water partition coefficient (Wildman–Crippen LogP) is 2.48.